The highest BCUT2D eigenvalue weighted by Crippen LogP contribution is 2.19. The molecule has 4 nitrogen and oxygen atoms in total. The van der Waals surface area contributed by atoms with Crippen molar-refractivity contribution in [1.82, 2.24) is 0 Å². The van der Waals surface area contributed by atoms with Crippen molar-refractivity contribution in [2.24, 2.45) is 0 Å². The number of hydrogen-bond donors (Lipinski definition) is 2. The average molecular weight is 365 g/mol. The van der Waals surface area contributed by atoms with Crippen LogP contribution in [0.5, 0.6) is 0 Å². The van der Waals surface area contributed by atoms with Crippen LogP contribution in [0.3, 0.4) is 0 Å². The molecule has 0 aromatic heterocycles. The smallest absolute Gasteiger partial charge is 0.267 e. The quantitative estimate of drug-likeness (QED) is 0.264. The van der Waals surface area contributed by atoms with Gasteiger partial charge in [0.15, 0.2) is 0 Å². The third-order valence-electron chi connectivity index (χ3n) is 4.76. The number of unbranched alkanes of at least 4 members (excludes halogenated alkanes) is 8. The highest BCUT2D eigenvalue weighted by atomic mass is 32.2. The molecule has 2 N–H and O–H groups in total. The van der Waals surface area contributed by atoms with Gasteiger partial charge in [-0.1, -0.05) is 84.5 Å². The monoisotopic (exact) mass is 364 g/mol. The van der Waals surface area contributed by atoms with E-state index < -0.39 is 15.4 Å². The van der Waals surface area contributed by atoms with Gasteiger partial charge >= 0.3 is 0 Å². The van der Waals surface area contributed by atoms with Crippen molar-refractivity contribution >= 4 is 10.1 Å². The molecule has 24 heavy (non-hydrogen) atoms. The highest BCUT2D eigenvalue weighted by Gasteiger charge is 2.21. The molecule has 2 unspecified atom stereocenters. The first-order chi connectivity index (χ1) is 11.4. The zero-order chi connectivity index (χ0) is 18.3. The van der Waals surface area contributed by atoms with Gasteiger partial charge in [0.25, 0.3) is 10.1 Å². The molecular weight excluding hydrogens is 324 g/mol. The average Bonchev–Trinajstić information content (AvgIpc) is 2.52. The standard InChI is InChI=1S/C19H40O4S/c1-3-5-7-8-9-11-14-18(20)15-12-13-17-19(24(21,22)23)16-10-6-4-2/h18-20H,3-17H2,1-2H3,(H,21,22,23). The summed E-state index contributed by atoms with van der Waals surface area (Å²) in [6.07, 6.45) is 14.2. The van der Waals surface area contributed by atoms with Crippen molar-refractivity contribution in [2.75, 3.05) is 0 Å². The van der Waals surface area contributed by atoms with E-state index >= 15 is 0 Å². The Morgan fingerprint density at radius 2 is 1.04 bits per heavy atom. The van der Waals surface area contributed by atoms with Crippen molar-refractivity contribution < 1.29 is 18.1 Å². The third-order valence-corrected chi connectivity index (χ3v) is 6.07. The van der Waals surface area contributed by atoms with Crippen molar-refractivity contribution in [1.29, 1.82) is 0 Å². The van der Waals surface area contributed by atoms with Gasteiger partial charge in [-0.2, -0.15) is 8.42 Å². The van der Waals surface area contributed by atoms with Crippen LogP contribution in [0, 0.1) is 0 Å². The van der Waals surface area contributed by atoms with Crippen LogP contribution in [-0.2, 0) is 10.1 Å². The summed E-state index contributed by atoms with van der Waals surface area (Å²) >= 11 is 0. The largest absolute Gasteiger partial charge is 0.393 e. The van der Waals surface area contributed by atoms with Crippen LogP contribution >= 0.6 is 0 Å². The second kappa shape index (κ2) is 15.2. The van der Waals surface area contributed by atoms with E-state index in [2.05, 4.69) is 13.8 Å². The summed E-state index contributed by atoms with van der Waals surface area (Å²) < 4.78 is 32.1. The molecule has 0 aliphatic rings. The van der Waals surface area contributed by atoms with Gasteiger partial charge in [0.05, 0.1) is 11.4 Å². The van der Waals surface area contributed by atoms with Crippen LogP contribution in [0.2, 0.25) is 0 Å². The second-order valence-corrected chi connectivity index (χ2v) is 8.82. The lowest BCUT2D eigenvalue weighted by Crippen LogP contribution is -2.20. The van der Waals surface area contributed by atoms with Crippen LogP contribution in [-0.4, -0.2) is 29.4 Å². The van der Waals surface area contributed by atoms with Crippen LogP contribution < -0.4 is 0 Å². The van der Waals surface area contributed by atoms with Crippen LogP contribution in [0.1, 0.15) is 110 Å². The molecule has 0 rings (SSSR count). The number of aliphatic hydroxyl groups is 1. The van der Waals surface area contributed by atoms with Crippen LogP contribution in [0.15, 0.2) is 0 Å². The Morgan fingerprint density at radius 1 is 0.667 bits per heavy atom. The van der Waals surface area contributed by atoms with Crippen molar-refractivity contribution in [2.45, 2.75) is 122 Å². The zero-order valence-electron chi connectivity index (χ0n) is 15.9. The van der Waals surface area contributed by atoms with Gasteiger partial charge in [0, 0.05) is 0 Å². The van der Waals surface area contributed by atoms with E-state index in [0.717, 1.165) is 51.4 Å². The lowest BCUT2D eigenvalue weighted by Gasteiger charge is -2.14. The molecule has 0 saturated heterocycles. The molecule has 0 amide bonds. The van der Waals surface area contributed by atoms with E-state index in [1.807, 2.05) is 0 Å². The van der Waals surface area contributed by atoms with E-state index in [-0.39, 0.29) is 6.10 Å². The molecule has 0 aromatic rings. The number of rotatable bonds is 17. The van der Waals surface area contributed by atoms with Crippen molar-refractivity contribution in [3.63, 3.8) is 0 Å². The van der Waals surface area contributed by atoms with E-state index in [4.69, 9.17) is 0 Å². The molecule has 0 aliphatic carbocycles. The molecule has 2 atom stereocenters. The minimum Gasteiger partial charge on any atom is -0.393 e. The SMILES string of the molecule is CCCCCCCCC(O)CCCCC(CCCCC)S(=O)(=O)O. The lowest BCUT2D eigenvalue weighted by atomic mass is 10.0. The first-order valence-corrected chi connectivity index (χ1v) is 11.6. The van der Waals surface area contributed by atoms with Crippen molar-refractivity contribution in [3.8, 4) is 0 Å². The van der Waals surface area contributed by atoms with Crippen LogP contribution in [0.25, 0.3) is 0 Å². The fourth-order valence-electron chi connectivity index (χ4n) is 3.12. The first kappa shape index (κ1) is 23.9. The normalized spacial score (nSPS) is 14.7. The number of hydrogen-bond acceptors (Lipinski definition) is 3. The summed E-state index contributed by atoms with van der Waals surface area (Å²) in [5, 5.41) is 9.36. The summed E-state index contributed by atoms with van der Waals surface area (Å²) in [5.74, 6) is 0. The van der Waals surface area contributed by atoms with E-state index in [1.54, 1.807) is 0 Å². The Labute approximate surface area is 150 Å². The van der Waals surface area contributed by atoms with Gasteiger partial charge in [0.1, 0.15) is 0 Å². The maximum atomic E-state index is 11.4. The Kier molecular flexibility index (Phi) is 15.1. The molecule has 0 spiro atoms. The van der Waals surface area contributed by atoms with E-state index in [0.29, 0.717) is 12.8 Å². The van der Waals surface area contributed by atoms with Gasteiger partial charge in [-0.25, -0.2) is 0 Å². The zero-order valence-corrected chi connectivity index (χ0v) is 16.7. The van der Waals surface area contributed by atoms with Gasteiger partial charge in [0.2, 0.25) is 0 Å². The summed E-state index contributed by atoms with van der Waals surface area (Å²) in [5.41, 5.74) is 0. The minimum absolute atomic E-state index is 0.263. The van der Waals surface area contributed by atoms with Gasteiger partial charge in [-0.3, -0.25) is 4.55 Å². The Hall–Kier alpha value is -0.130. The maximum absolute atomic E-state index is 11.4. The summed E-state index contributed by atoms with van der Waals surface area (Å²) in [6, 6.07) is 0. The molecular formula is C19H40O4S. The molecule has 0 fully saturated rings. The molecule has 146 valence electrons. The van der Waals surface area contributed by atoms with Gasteiger partial charge < -0.3 is 5.11 Å². The molecule has 5 heteroatoms. The summed E-state index contributed by atoms with van der Waals surface area (Å²) in [7, 11) is -3.93. The van der Waals surface area contributed by atoms with E-state index in [9.17, 15) is 18.1 Å². The first-order valence-electron chi connectivity index (χ1n) is 10.1. The summed E-state index contributed by atoms with van der Waals surface area (Å²) in [6.45, 7) is 4.29. The number of aliphatic hydroxyl groups excluding tert-OH is 1. The van der Waals surface area contributed by atoms with Gasteiger partial charge in [-0.05, 0) is 25.7 Å². The lowest BCUT2D eigenvalue weighted by molar-refractivity contribution is 0.147. The highest BCUT2D eigenvalue weighted by molar-refractivity contribution is 7.86. The fourth-order valence-corrected chi connectivity index (χ4v) is 4.05. The van der Waals surface area contributed by atoms with Crippen molar-refractivity contribution in [3.05, 3.63) is 0 Å². The molecule has 0 aromatic carbocycles. The third kappa shape index (κ3) is 14.2. The Morgan fingerprint density at radius 3 is 1.58 bits per heavy atom. The Bertz CT molecular complexity index is 368. The second-order valence-electron chi connectivity index (χ2n) is 7.13. The molecule has 0 saturated carbocycles. The molecule has 0 radical (unpaired) electrons. The topological polar surface area (TPSA) is 74.6 Å². The minimum atomic E-state index is -3.93. The fraction of sp³-hybridized carbons (Fsp3) is 1.00. The van der Waals surface area contributed by atoms with Crippen LogP contribution in [0.4, 0.5) is 0 Å². The molecule has 0 bridgehead atoms. The molecule has 0 heterocycles. The molecule has 0 aliphatic heterocycles. The van der Waals surface area contributed by atoms with E-state index in [1.165, 1.54) is 32.1 Å². The predicted octanol–water partition coefficient (Wildman–Crippen LogP) is 5.50. The summed E-state index contributed by atoms with van der Waals surface area (Å²) in [4.78, 5) is 0. The Balaban J connectivity index is 3.75. The maximum Gasteiger partial charge on any atom is 0.267 e. The van der Waals surface area contributed by atoms with Gasteiger partial charge in [-0.15, -0.1) is 0 Å². The predicted molar refractivity (Wildman–Crippen MR) is 102 cm³/mol.